The van der Waals surface area contributed by atoms with Gasteiger partial charge < -0.3 is 10.6 Å². The third kappa shape index (κ3) is 4.34. The Bertz CT molecular complexity index is 1670. The quantitative estimate of drug-likeness (QED) is 0.263. The van der Waals surface area contributed by atoms with Crippen LogP contribution in [-0.2, 0) is 13.0 Å². The van der Waals surface area contributed by atoms with Crippen molar-refractivity contribution in [3.63, 3.8) is 0 Å². The number of carbonyl (C=O) groups is 1. The van der Waals surface area contributed by atoms with Gasteiger partial charge in [-0.15, -0.1) is 5.10 Å². The zero-order chi connectivity index (χ0) is 26.1. The van der Waals surface area contributed by atoms with Crippen molar-refractivity contribution in [1.29, 1.82) is 0 Å². The Morgan fingerprint density at radius 2 is 1.89 bits per heavy atom. The second kappa shape index (κ2) is 9.77. The first-order valence-corrected chi connectivity index (χ1v) is 12.3. The monoisotopic (exact) mass is 507 g/mol. The molecule has 0 saturated carbocycles. The van der Waals surface area contributed by atoms with Gasteiger partial charge in [0.2, 0.25) is 11.6 Å². The van der Waals surface area contributed by atoms with E-state index in [2.05, 4.69) is 54.3 Å². The van der Waals surface area contributed by atoms with Crippen LogP contribution < -0.4 is 16.1 Å². The third-order valence-electron chi connectivity index (χ3n) is 6.71. The fourth-order valence-corrected chi connectivity index (χ4v) is 4.75. The Morgan fingerprint density at radius 3 is 2.74 bits per heavy atom. The predicted molar refractivity (Wildman–Crippen MR) is 143 cm³/mol. The Labute approximate surface area is 217 Å². The molecule has 190 valence electrons. The molecule has 0 fully saturated rings. The molecule has 0 spiro atoms. The third-order valence-corrected chi connectivity index (χ3v) is 6.71. The van der Waals surface area contributed by atoms with Crippen LogP contribution in [-0.4, -0.2) is 43.5 Å². The highest BCUT2D eigenvalue weighted by Crippen LogP contribution is 2.29. The number of amides is 1. The van der Waals surface area contributed by atoms with Crippen LogP contribution in [0, 0.1) is 0 Å². The molecular weight excluding hydrogens is 482 g/mol. The summed E-state index contributed by atoms with van der Waals surface area (Å²) >= 11 is 0. The number of nitrogen functional groups attached to an aromatic ring is 1. The zero-order valence-corrected chi connectivity index (χ0v) is 20.7. The van der Waals surface area contributed by atoms with E-state index in [1.807, 2.05) is 55.5 Å². The lowest BCUT2D eigenvalue weighted by Gasteiger charge is -2.31. The second-order valence-electron chi connectivity index (χ2n) is 9.12. The lowest BCUT2D eigenvalue weighted by Crippen LogP contribution is -2.31. The number of hydrazone groups is 1. The molecule has 3 N–H and O–H groups in total. The molecule has 38 heavy (non-hydrogen) atoms. The van der Waals surface area contributed by atoms with Crippen molar-refractivity contribution in [1.82, 2.24) is 30.7 Å². The first-order chi connectivity index (χ1) is 18.6. The number of benzene rings is 3. The Morgan fingerprint density at radius 1 is 1.08 bits per heavy atom. The molecule has 0 aliphatic carbocycles. The topological polar surface area (TPSA) is 140 Å². The van der Waals surface area contributed by atoms with Gasteiger partial charge in [0.25, 0.3) is 5.91 Å². The average Bonchev–Trinajstić information content (AvgIpc) is 3.57. The van der Waals surface area contributed by atoms with Crippen molar-refractivity contribution in [2.24, 2.45) is 5.10 Å². The summed E-state index contributed by atoms with van der Waals surface area (Å²) in [5, 5.41) is 22.4. The maximum absolute atomic E-state index is 13.3. The largest absolute Gasteiger partial charge is 0.378 e. The van der Waals surface area contributed by atoms with E-state index in [1.54, 1.807) is 0 Å². The normalized spacial score (nSPS) is 13.5. The van der Waals surface area contributed by atoms with Gasteiger partial charge in [-0.3, -0.25) is 4.79 Å². The fraction of sp³-hybridized carbons (Fsp3) is 0.185. The first-order valence-electron chi connectivity index (χ1n) is 12.3. The minimum atomic E-state index is -0.494. The number of nitrogens with zero attached hydrogens (tertiary/aromatic N) is 7. The molecule has 6 rings (SSSR count). The zero-order valence-electron chi connectivity index (χ0n) is 20.7. The summed E-state index contributed by atoms with van der Waals surface area (Å²) in [6, 6.07) is 22.4. The summed E-state index contributed by atoms with van der Waals surface area (Å²) in [4.78, 5) is 15.5. The van der Waals surface area contributed by atoms with E-state index in [-0.39, 0.29) is 17.3 Å². The number of hydrogen-bond acceptors (Lipinski definition) is 9. The maximum atomic E-state index is 13.3. The van der Waals surface area contributed by atoms with Crippen LogP contribution in [0.15, 0.2) is 76.5 Å². The van der Waals surface area contributed by atoms with Crippen molar-refractivity contribution in [3.8, 4) is 5.82 Å². The lowest BCUT2D eigenvalue weighted by atomic mass is 10.0. The smallest absolute Gasteiger partial charge is 0.293 e. The Balaban J connectivity index is 1.31. The second-order valence-corrected chi connectivity index (χ2v) is 9.12. The number of nitrogens with two attached hydrogens (primary N) is 1. The number of aryl methyl sites for hydroxylation is 1. The summed E-state index contributed by atoms with van der Waals surface area (Å²) in [6.07, 6.45) is 1.99. The van der Waals surface area contributed by atoms with Crippen LogP contribution >= 0.6 is 0 Å². The van der Waals surface area contributed by atoms with Gasteiger partial charge in [-0.25, -0.2) is 10.1 Å². The van der Waals surface area contributed by atoms with Crippen LogP contribution in [0.1, 0.15) is 40.7 Å². The summed E-state index contributed by atoms with van der Waals surface area (Å²) in [7, 11) is 0. The molecule has 2 aromatic heterocycles. The minimum absolute atomic E-state index is 0.0484. The summed E-state index contributed by atoms with van der Waals surface area (Å²) < 4.78 is 6.18. The number of anilines is 2. The van der Waals surface area contributed by atoms with Gasteiger partial charge in [0.05, 0.1) is 18.0 Å². The minimum Gasteiger partial charge on any atom is -0.378 e. The van der Waals surface area contributed by atoms with Gasteiger partial charge in [0.15, 0.2) is 5.69 Å². The molecule has 1 amide bonds. The van der Waals surface area contributed by atoms with E-state index in [0.717, 1.165) is 41.4 Å². The van der Waals surface area contributed by atoms with Gasteiger partial charge in [0.1, 0.15) is 0 Å². The number of carbonyl (C=O) groups excluding carboxylic acids is 1. The van der Waals surface area contributed by atoms with Gasteiger partial charge in [-0.1, -0.05) is 59.8 Å². The molecule has 1 aliphatic rings. The molecule has 3 heterocycles. The molecule has 0 atom stereocenters. The highest BCUT2D eigenvalue weighted by Gasteiger charge is 2.27. The SMILES string of the molecule is C/C(=N\NC(=O)c1nnn(-c2nonc2N)c1CN1CCCc2ccccc21)c1ccc2ccccc2c1. The lowest BCUT2D eigenvalue weighted by molar-refractivity contribution is 0.0948. The highest BCUT2D eigenvalue weighted by atomic mass is 16.6. The Hall–Kier alpha value is -5.06. The van der Waals surface area contributed by atoms with Crippen molar-refractivity contribution < 1.29 is 9.42 Å². The highest BCUT2D eigenvalue weighted by molar-refractivity contribution is 6.03. The van der Waals surface area contributed by atoms with Gasteiger partial charge in [0, 0.05) is 12.2 Å². The van der Waals surface area contributed by atoms with Crippen LogP contribution in [0.4, 0.5) is 11.5 Å². The summed E-state index contributed by atoms with van der Waals surface area (Å²) in [6.45, 7) is 3.01. The van der Waals surface area contributed by atoms with Crippen molar-refractivity contribution >= 4 is 33.9 Å². The molecule has 5 aromatic rings. The average molecular weight is 508 g/mol. The number of para-hydroxylation sites is 1. The maximum Gasteiger partial charge on any atom is 0.293 e. The van der Waals surface area contributed by atoms with Gasteiger partial charge >= 0.3 is 0 Å². The van der Waals surface area contributed by atoms with Crippen LogP contribution in [0.5, 0.6) is 0 Å². The van der Waals surface area contributed by atoms with E-state index in [4.69, 9.17) is 10.4 Å². The van der Waals surface area contributed by atoms with E-state index in [0.29, 0.717) is 18.0 Å². The van der Waals surface area contributed by atoms with Crippen molar-refractivity contribution in [2.75, 3.05) is 17.2 Å². The molecule has 11 nitrogen and oxygen atoms in total. The summed E-state index contributed by atoms with van der Waals surface area (Å²) in [5.74, 6) is -0.272. The van der Waals surface area contributed by atoms with E-state index < -0.39 is 5.91 Å². The van der Waals surface area contributed by atoms with Gasteiger partial charge in [-0.2, -0.15) is 9.78 Å². The van der Waals surface area contributed by atoms with Crippen molar-refractivity contribution in [3.05, 3.63) is 89.2 Å². The van der Waals surface area contributed by atoms with Crippen LogP contribution in [0.3, 0.4) is 0 Å². The van der Waals surface area contributed by atoms with E-state index in [9.17, 15) is 4.79 Å². The van der Waals surface area contributed by atoms with Crippen molar-refractivity contribution in [2.45, 2.75) is 26.3 Å². The number of fused-ring (bicyclic) bond motifs is 2. The van der Waals surface area contributed by atoms with Crippen LogP contribution in [0.2, 0.25) is 0 Å². The molecule has 0 bridgehead atoms. The number of hydrogen-bond donors (Lipinski definition) is 2. The number of aromatic nitrogens is 5. The number of nitrogens with one attached hydrogen (secondary N) is 1. The van der Waals surface area contributed by atoms with E-state index >= 15 is 0 Å². The molecular formula is C27H25N9O2. The molecule has 0 unspecified atom stereocenters. The molecule has 1 aliphatic heterocycles. The predicted octanol–water partition coefficient (Wildman–Crippen LogP) is 3.49. The Kier molecular flexibility index (Phi) is 6.00. The first kappa shape index (κ1) is 23.3. The summed E-state index contributed by atoms with van der Waals surface area (Å²) in [5.41, 5.74) is 13.1. The van der Waals surface area contributed by atoms with E-state index in [1.165, 1.54) is 10.2 Å². The molecule has 3 aromatic carbocycles. The molecule has 0 radical (unpaired) electrons. The van der Waals surface area contributed by atoms with Gasteiger partial charge in [-0.05, 0) is 64.1 Å². The molecule has 0 saturated heterocycles. The van der Waals surface area contributed by atoms with Crippen LogP contribution in [0.25, 0.3) is 16.6 Å². The standard InChI is InChI=1S/C27H25N9O2/c1-17(20-13-12-18-7-2-3-9-21(18)15-20)29-31-27(37)24-23(36(34-30-24)26-25(28)32-38-33-26)16-35-14-6-10-19-8-4-5-11-22(19)35/h2-5,7-9,11-13,15H,6,10,14,16H2,1H3,(H2,28,32)(H,31,37)/b29-17+. The number of rotatable bonds is 6. The fourth-order valence-electron chi connectivity index (χ4n) is 4.75. The molecule has 11 heteroatoms.